The lowest BCUT2D eigenvalue weighted by molar-refractivity contribution is -0.301. The second kappa shape index (κ2) is 35.7. The van der Waals surface area contributed by atoms with Crippen LogP contribution in [0.2, 0.25) is 0 Å². The van der Waals surface area contributed by atoms with E-state index in [9.17, 15) is 26.0 Å². The largest absolute Gasteiger partial charge is 0.461 e. The standard InChI is InChI=1S/C91H153N6O17/c1-29-32-43-89(71(98)110-66-52-79(8,9)93(104)80(10,11)53-66,72(99)111-67-54-81(12,13)94(105)82(14,15)55-67)46-35-38-62-41-42-63(39-36-47-90(44-33-30-2,74(101)112-68-56-83(16,17)95(106)84(18,19)57-68)75(102)113-69-58-85(20,21)96(107)86(22,23)59-69)64(49-62)40-37-48-91(45-34-31-3,73(100)109-65-50-77(4,5)92(28)78(6,7)51-65)76(103)114-70-60-87(24,25)97(108)88(26,27)61-70/h41-42,49,65-70H,29-40,43-48,50-61H2,1-28H3. The van der Waals surface area contributed by atoms with Crippen LogP contribution in [-0.2, 0) is 102 Å². The number of rotatable bonds is 33. The third kappa shape index (κ3) is 21.8. The van der Waals surface area contributed by atoms with Gasteiger partial charge in [-0.15, -0.1) is 51.4 Å². The number of benzene rings is 1. The minimum absolute atomic E-state index is 0.0233. The first-order chi connectivity index (χ1) is 52.1. The molecule has 7 rings (SSSR count). The van der Waals surface area contributed by atoms with Crippen LogP contribution in [0.1, 0.15) is 377 Å². The topological polar surface area (TPSA) is 277 Å². The summed E-state index contributed by atoms with van der Waals surface area (Å²) in [6.07, 6.45) is 5.36. The molecule has 0 amide bonds. The second-order valence-corrected chi connectivity index (χ2v) is 43.6. The molecule has 1 aromatic rings. The Bertz CT molecular complexity index is 3200. The number of carbonyl (C=O) groups excluding carboxylic acids is 6. The van der Waals surface area contributed by atoms with E-state index in [-0.39, 0.29) is 120 Å². The Morgan fingerprint density at radius 2 is 0.474 bits per heavy atom. The molecule has 6 fully saturated rings. The summed E-state index contributed by atoms with van der Waals surface area (Å²) in [6, 6.07) is 6.18. The van der Waals surface area contributed by atoms with Gasteiger partial charge in [-0.25, -0.2) is 0 Å². The van der Waals surface area contributed by atoms with E-state index in [0.717, 1.165) is 42.0 Å². The van der Waals surface area contributed by atoms with Crippen molar-refractivity contribution in [2.75, 3.05) is 7.05 Å². The molecule has 23 heteroatoms. The van der Waals surface area contributed by atoms with Crippen LogP contribution in [0.25, 0.3) is 0 Å². The summed E-state index contributed by atoms with van der Waals surface area (Å²) in [5, 5.41) is 74.0. The fourth-order valence-electron chi connectivity index (χ4n) is 21.6. The van der Waals surface area contributed by atoms with Crippen molar-refractivity contribution in [3.05, 3.63) is 34.9 Å². The normalized spacial score (nSPS) is 24.9. The number of aryl methyl sites for hydroxylation is 3. The lowest BCUT2D eigenvalue weighted by Crippen LogP contribution is -2.61. The van der Waals surface area contributed by atoms with E-state index in [4.69, 9.17) is 28.4 Å². The Morgan fingerprint density at radius 3 is 0.684 bits per heavy atom. The summed E-state index contributed by atoms with van der Waals surface area (Å²) in [7, 11) is 2.08. The number of hydrogen-bond donors (Lipinski definition) is 0. The van der Waals surface area contributed by atoms with Crippen LogP contribution in [0.5, 0.6) is 0 Å². The van der Waals surface area contributed by atoms with Crippen molar-refractivity contribution in [2.45, 2.75) is 483 Å². The Hall–Kier alpha value is -4.40. The van der Waals surface area contributed by atoms with E-state index in [1.165, 1.54) is 0 Å². The third-order valence-electron chi connectivity index (χ3n) is 27.3. The molecule has 1 atom stereocenters. The summed E-state index contributed by atoms with van der Waals surface area (Å²) in [5.41, 5.74) is -12.4. The Balaban J connectivity index is 1.34. The maximum Gasteiger partial charge on any atom is 0.323 e. The first-order valence-electron chi connectivity index (χ1n) is 43.6. The number of hydrogen-bond acceptors (Lipinski definition) is 18. The average molecular weight is 1600 g/mol. The van der Waals surface area contributed by atoms with Crippen LogP contribution in [0.15, 0.2) is 18.2 Å². The van der Waals surface area contributed by atoms with Crippen molar-refractivity contribution in [3.8, 4) is 0 Å². The Labute approximate surface area is 686 Å². The van der Waals surface area contributed by atoms with Gasteiger partial charge in [-0.1, -0.05) is 77.5 Å². The van der Waals surface area contributed by atoms with E-state index < -0.39 is 144 Å². The van der Waals surface area contributed by atoms with E-state index in [0.29, 0.717) is 83.5 Å². The highest BCUT2D eigenvalue weighted by Crippen LogP contribution is 2.50. The van der Waals surface area contributed by atoms with Crippen LogP contribution in [0.3, 0.4) is 0 Å². The number of likely N-dealkylation sites (tertiary alicyclic amines) is 1. The Morgan fingerprint density at radius 1 is 0.289 bits per heavy atom. The number of unbranched alkanes of at least 4 members (excludes halogenated alkanes) is 3. The highest BCUT2D eigenvalue weighted by Gasteiger charge is 2.60. The van der Waals surface area contributed by atoms with Gasteiger partial charge in [-0.05, 0) is 267 Å². The molecule has 0 aliphatic carbocycles. The number of ether oxygens (including phenoxy) is 6. The molecule has 6 heterocycles. The SMILES string of the molecule is CCCCC(CCCc1cc(CCCC(CCCC)(C(=O)OC2CC(C)(C)N([O])C(C)(C)C2)C(=O)OC2CC(C)(C)N([O])C(C)(C)C2)ccc1CCCC(CCCC)(C(=O)OC1CC(C)(C)N([O])C(C)(C)C1)C(=O)OC1CC(C)(C)N([O])C(C)(C)C1)(C(=O)OC1CC(C)(C)N(C)C(C)(C)C1)C(=O)OC1CC(C)(C)N([O])C(C)(C)C1. The molecule has 23 nitrogen and oxygen atoms in total. The first kappa shape index (κ1) is 96.7. The van der Waals surface area contributed by atoms with Gasteiger partial charge < -0.3 is 28.4 Å². The fourth-order valence-corrected chi connectivity index (χ4v) is 21.6. The summed E-state index contributed by atoms with van der Waals surface area (Å²) in [5.74, 6) is -4.14. The zero-order valence-electron chi connectivity index (χ0n) is 76.0. The quantitative estimate of drug-likeness (QED) is 0.0359. The smallest absolute Gasteiger partial charge is 0.323 e. The molecule has 6 aliphatic rings. The van der Waals surface area contributed by atoms with Crippen molar-refractivity contribution in [2.24, 2.45) is 16.2 Å². The predicted molar refractivity (Wildman–Crippen MR) is 435 cm³/mol. The van der Waals surface area contributed by atoms with Gasteiger partial charge in [0.15, 0.2) is 16.2 Å². The average Bonchev–Trinajstić information content (AvgIpc) is 0.769. The molecule has 0 saturated carbocycles. The summed E-state index contributed by atoms with van der Waals surface area (Å²) >= 11 is 0. The van der Waals surface area contributed by atoms with Crippen LogP contribution in [-0.4, -0.2) is 176 Å². The van der Waals surface area contributed by atoms with Gasteiger partial charge in [0.1, 0.15) is 36.6 Å². The highest BCUT2D eigenvalue weighted by molar-refractivity contribution is 6.01. The van der Waals surface area contributed by atoms with Crippen molar-refractivity contribution in [3.63, 3.8) is 0 Å². The number of piperidine rings is 6. The van der Waals surface area contributed by atoms with Gasteiger partial charge in [0, 0.05) is 144 Å². The maximum atomic E-state index is 15.9. The van der Waals surface area contributed by atoms with Gasteiger partial charge in [0.2, 0.25) is 0 Å². The van der Waals surface area contributed by atoms with Crippen molar-refractivity contribution >= 4 is 35.8 Å². The molecular formula is C91H153N6O17. The van der Waals surface area contributed by atoms with Crippen molar-refractivity contribution in [1.29, 1.82) is 0 Å². The fraction of sp³-hybridized carbons (Fsp3) is 0.868. The minimum atomic E-state index is -1.81. The monoisotopic (exact) mass is 1600 g/mol. The lowest BCUT2D eigenvalue weighted by atomic mass is 9.75. The third-order valence-corrected chi connectivity index (χ3v) is 27.3. The predicted octanol–water partition coefficient (Wildman–Crippen LogP) is 17.9. The Kier molecular flexibility index (Phi) is 30.3. The molecule has 649 valence electrons. The van der Waals surface area contributed by atoms with Gasteiger partial charge >= 0.3 is 35.8 Å². The van der Waals surface area contributed by atoms with Gasteiger partial charge in [-0.2, -0.15) is 0 Å². The maximum absolute atomic E-state index is 15.9. The zero-order chi connectivity index (χ0) is 86.2. The highest BCUT2D eigenvalue weighted by atomic mass is 16.6. The van der Waals surface area contributed by atoms with Crippen molar-refractivity contribution in [1.82, 2.24) is 30.2 Å². The molecule has 0 aromatic heterocycles. The number of nitrogens with zero attached hydrogens (tertiary/aromatic N) is 6. The molecule has 0 bridgehead atoms. The number of carbonyl (C=O) groups is 6. The van der Waals surface area contributed by atoms with Crippen LogP contribution >= 0.6 is 0 Å². The molecule has 0 N–H and O–H groups in total. The molecule has 1 unspecified atom stereocenters. The molecule has 5 radical (unpaired) electrons. The summed E-state index contributed by atoms with van der Waals surface area (Å²) in [4.78, 5) is 96.6. The van der Waals surface area contributed by atoms with E-state index in [1.54, 1.807) is 0 Å². The number of esters is 6. The van der Waals surface area contributed by atoms with Crippen LogP contribution in [0.4, 0.5) is 0 Å². The molecule has 0 spiro atoms. The molecule has 6 saturated heterocycles. The van der Waals surface area contributed by atoms with E-state index in [1.807, 2.05) is 171 Å². The van der Waals surface area contributed by atoms with Gasteiger partial charge in [0.25, 0.3) is 0 Å². The molecule has 6 aliphatic heterocycles. The summed E-state index contributed by atoms with van der Waals surface area (Å²) < 4.78 is 39.8. The number of hydroxylamine groups is 10. The van der Waals surface area contributed by atoms with Gasteiger partial charge in [-0.3, -0.25) is 33.7 Å². The minimum Gasteiger partial charge on any atom is -0.461 e. The van der Waals surface area contributed by atoms with Crippen LogP contribution < -0.4 is 0 Å². The first-order valence-corrected chi connectivity index (χ1v) is 43.6. The van der Waals surface area contributed by atoms with E-state index in [2.05, 4.69) is 45.7 Å². The molecule has 1 aromatic carbocycles. The molecule has 114 heavy (non-hydrogen) atoms. The zero-order valence-corrected chi connectivity index (χ0v) is 76.0. The van der Waals surface area contributed by atoms with Crippen LogP contribution in [0, 0.1) is 16.2 Å². The lowest BCUT2D eigenvalue weighted by Gasteiger charge is -2.53. The van der Waals surface area contributed by atoms with Crippen molar-refractivity contribution < 1.29 is 83.2 Å². The van der Waals surface area contributed by atoms with E-state index >= 15 is 28.8 Å². The molecular weight excluding hydrogens is 1450 g/mol. The van der Waals surface area contributed by atoms with Gasteiger partial charge in [0.05, 0.1) is 0 Å². The second-order valence-electron chi connectivity index (χ2n) is 43.6. The summed E-state index contributed by atoms with van der Waals surface area (Å²) in [6.45, 7) is 51.3.